The highest BCUT2D eigenvalue weighted by Crippen LogP contribution is 2.38. The summed E-state index contributed by atoms with van der Waals surface area (Å²) in [5.74, 6) is 0.283. The maximum Gasteiger partial charge on any atom is 0.213 e. The Kier molecular flexibility index (Phi) is 3.40. The van der Waals surface area contributed by atoms with E-state index in [1.807, 2.05) is 6.92 Å². The molecule has 0 saturated carbocycles. The average Bonchev–Trinajstić information content (AvgIpc) is 2.67. The highest BCUT2D eigenvalue weighted by Gasteiger charge is 2.27. The van der Waals surface area contributed by atoms with Crippen LogP contribution in [0.3, 0.4) is 0 Å². The molecule has 0 aliphatic heterocycles. The molecule has 1 heterocycles. The molecule has 19 heavy (non-hydrogen) atoms. The van der Waals surface area contributed by atoms with Crippen molar-refractivity contribution in [1.82, 2.24) is 9.78 Å². The van der Waals surface area contributed by atoms with E-state index >= 15 is 0 Å². The molecule has 2 rings (SSSR count). The molecular formula is C16H22N2O. The predicted octanol–water partition coefficient (Wildman–Crippen LogP) is 3.88. The summed E-state index contributed by atoms with van der Waals surface area (Å²) < 4.78 is 1.66. The van der Waals surface area contributed by atoms with Gasteiger partial charge in [0.05, 0.1) is 5.69 Å². The zero-order valence-corrected chi connectivity index (χ0v) is 12.4. The van der Waals surface area contributed by atoms with Crippen molar-refractivity contribution in [2.24, 2.45) is 0 Å². The number of benzene rings is 1. The van der Waals surface area contributed by atoms with Crippen molar-refractivity contribution in [1.29, 1.82) is 0 Å². The van der Waals surface area contributed by atoms with Gasteiger partial charge in [-0.25, -0.2) is 4.68 Å². The van der Waals surface area contributed by atoms with Gasteiger partial charge >= 0.3 is 0 Å². The molecule has 1 aromatic heterocycles. The van der Waals surface area contributed by atoms with Gasteiger partial charge in [-0.2, -0.15) is 5.10 Å². The number of hydrogen-bond acceptors (Lipinski definition) is 2. The second-order valence-corrected chi connectivity index (χ2v) is 5.98. The van der Waals surface area contributed by atoms with Crippen LogP contribution in [0, 0.1) is 6.92 Å². The first kappa shape index (κ1) is 13.7. The SMILES string of the molecule is CCn1nc(-c2ccc(C)cc2)c(C(C)(C)C)c1O. The predicted molar refractivity (Wildman–Crippen MR) is 78.4 cm³/mol. The lowest BCUT2D eigenvalue weighted by Gasteiger charge is -2.19. The lowest BCUT2D eigenvalue weighted by atomic mass is 9.85. The lowest BCUT2D eigenvalue weighted by molar-refractivity contribution is 0.389. The Morgan fingerprint density at radius 3 is 2.21 bits per heavy atom. The van der Waals surface area contributed by atoms with Crippen molar-refractivity contribution >= 4 is 0 Å². The molecule has 0 radical (unpaired) electrons. The van der Waals surface area contributed by atoms with E-state index in [0.717, 1.165) is 16.8 Å². The standard InChI is InChI=1S/C16H22N2O/c1-6-18-15(19)13(16(3,4)5)14(17-18)12-9-7-11(2)8-10-12/h7-10,19H,6H2,1-5H3. The van der Waals surface area contributed by atoms with Crippen molar-refractivity contribution in [2.45, 2.75) is 46.6 Å². The Morgan fingerprint density at radius 1 is 1.16 bits per heavy atom. The third-order valence-electron chi connectivity index (χ3n) is 3.30. The van der Waals surface area contributed by atoms with Crippen LogP contribution in [-0.2, 0) is 12.0 Å². The number of aromatic nitrogens is 2. The van der Waals surface area contributed by atoms with E-state index in [-0.39, 0.29) is 11.3 Å². The maximum atomic E-state index is 10.4. The summed E-state index contributed by atoms with van der Waals surface area (Å²) in [4.78, 5) is 0. The van der Waals surface area contributed by atoms with E-state index < -0.39 is 0 Å². The van der Waals surface area contributed by atoms with Crippen LogP contribution < -0.4 is 0 Å². The second kappa shape index (κ2) is 4.72. The molecule has 0 spiro atoms. The maximum absolute atomic E-state index is 10.4. The number of hydrogen-bond donors (Lipinski definition) is 1. The topological polar surface area (TPSA) is 38.0 Å². The summed E-state index contributed by atoms with van der Waals surface area (Å²) >= 11 is 0. The number of aromatic hydroxyl groups is 1. The van der Waals surface area contributed by atoms with Crippen LogP contribution in [0.5, 0.6) is 5.88 Å². The van der Waals surface area contributed by atoms with E-state index in [9.17, 15) is 5.11 Å². The van der Waals surface area contributed by atoms with Crippen LogP contribution in [0.4, 0.5) is 0 Å². The fraction of sp³-hybridized carbons (Fsp3) is 0.438. The second-order valence-electron chi connectivity index (χ2n) is 5.98. The first-order chi connectivity index (χ1) is 8.84. The van der Waals surface area contributed by atoms with E-state index in [0.29, 0.717) is 6.54 Å². The van der Waals surface area contributed by atoms with Crippen LogP contribution >= 0.6 is 0 Å². The van der Waals surface area contributed by atoms with Crippen LogP contribution in [0.25, 0.3) is 11.3 Å². The van der Waals surface area contributed by atoms with Crippen molar-refractivity contribution < 1.29 is 5.11 Å². The van der Waals surface area contributed by atoms with Crippen LogP contribution in [0.15, 0.2) is 24.3 Å². The first-order valence-electron chi connectivity index (χ1n) is 6.72. The summed E-state index contributed by atoms with van der Waals surface area (Å²) in [7, 11) is 0. The molecule has 0 aliphatic rings. The Morgan fingerprint density at radius 2 is 1.74 bits per heavy atom. The van der Waals surface area contributed by atoms with Gasteiger partial charge in [0.15, 0.2) is 0 Å². The number of nitrogens with zero attached hydrogens (tertiary/aromatic N) is 2. The normalized spacial score (nSPS) is 11.8. The van der Waals surface area contributed by atoms with Gasteiger partial charge in [0, 0.05) is 17.7 Å². The summed E-state index contributed by atoms with van der Waals surface area (Å²) in [6.07, 6.45) is 0. The third kappa shape index (κ3) is 2.50. The zero-order valence-electron chi connectivity index (χ0n) is 12.4. The molecular weight excluding hydrogens is 236 g/mol. The van der Waals surface area contributed by atoms with E-state index in [1.165, 1.54) is 5.56 Å². The van der Waals surface area contributed by atoms with Gasteiger partial charge < -0.3 is 5.11 Å². The van der Waals surface area contributed by atoms with Crippen LogP contribution in [0.1, 0.15) is 38.8 Å². The summed E-state index contributed by atoms with van der Waals surface area (Å²) in [5.41, 5.74) is 3.93. The first-order valence-corrected chi connectivity index (χ1v) is 6.72. The molecule has 0 aliphatic carbocycles. The monoisotopic (exact) mass is 258 g/mol. The van der Waals surface area contributed by atoms with Gasteiger partial charge in [-0.15, -0.1) is 0 Å². The summed E-state index contributed by atoms with van der Waals surface area (Å²) in [6.45, 7) is 11.0. The molecule has 1 aromatic carbocycles. The minimum Gasteiger partial charge on any atom is -0.493 e. The summed E-state index contributed by atoms with van der Waals surface area (Å²) in [6, 6.07) is 8.27. The Bertz CT molecular complexity index is 574. The Labute approximate surface area is 114 Å². The van der Waals surface area contributed by atoms with Gasteiger partial charge in [-0.3, -0.25) is 0 Å². The van der Waals surface area contributed by atoms with Gasteiger partial charge in [0.2, 0.25) is 5.88 Å². The Balaban J connectivity index is 2.65. The number of rotatable bonds is 2. The van der Waals surface area contributed by atoms with Gasteiger partial charge in [-0.05, 0) is 19.3 Å². The molecule has 0 atom stereocenters. The largest absolute Gasteiger partial charge is 0.493 e. The highest BCUT2D eigenvalue weighted by molar-refractivity contribution is 5.67. The minimum absolute atomic E-state index is 0.141. The molecule has 102 valence electrons. The molecule has 0 bridgehead atoms. The fourth-order valence-electron chi connectivity index (χ4n) is 2.28. The van der Waals surface area contributed by atoms with Gasteiger partial charge in [-0.1, -0.05) is 50.6 Å². The van der Waals surface area contributed by atoms with Crippen LogP contribution in [-0.4, -0.2) is 14.9 Å². The van der Waals surface area contributed by atoms with Gasteiger partial charge in [0.25, 0.3) is 0 Å². The lowest BCUT2D eigenvalue weighted by Crippen LogP contribution is -2.12. The smallest absolute Gasteiger partial charge is 0.213 e. The molecule has 2 aromatic rings. The zero-order chi connectivity index (χ0) is 14.2. The summed E-state index contributed by atoms with van der Waals surface area (Å²) in [5, 5.41) is 14.9. The van der Waals surface area contributed by atoms with E-state index in [2.05, 4.69) is 57.1 Å². The average molecular weight is 258 g/mol. The quantitative estimate of drug-likeness (QED) is 0.887. The van der Waals surface area contributed by atoms with Crippen LogP contribution in [0.2, 0.25) is 0 Å². The van der Waals surface area contributed by atoms with Gasteiger partial charge in [0.1, 0.15) is 0 Å². The molecule has 0 amide bonds. The number of aryl methyl sites for hydroxylation is 2. The van der Waals surface area contributed by atoms with Crippen molar-refractivity contribution in [3.8, 4) is 17.1 Å². The van der Waals surface area contributed by atoms with Crippen molar-refractivity contribution in [2.75, 3.05) is 0 Å². The third-order valence-corrected chi connectivity index (χ3v) is 3.30. The van der Waals surface area contributed by atoms with Crippen molar-refractivity contribution in [3.63, 3.8) is 0 Å². The fourth-order valence-corrected chi connectivity index (χ4v) is 2.28. The van der Waals surface area contributed by atoms with Crippen molar-refractivity contribution in [3.05, 3.63) is 35.4 Å². The molecule has 0 unspecified atom stereocenters. The molecule has 0 saturated heterocycles. The van der Waals surface area contributed by atoms with E-state index in [1.54, 1.807) is 4.68 Å². The molecule has 0 fully saturated rings. The Hall–Kier alpha value is -1.77. The molecule has 3 nitrogen and oxygen atoms in total. The molecule has 1 N–H and O–H groups in total. The minimum atomic E-state index is -0.141. The molecule has 3 heteroatoms. The van der Waals surface area contributed by atoms with E-state index in [4.69, 9.17) is 0 Å². The highest BCUT2D eigenvalue weighted by atomic mass is 16.3.